The average molecular weight is 360 g/mol. The molecular formula is C17H17FN4O2S. The van der Waals surface area contributed by atoms with Crippen LogP contribution in [0.2, 0.25) is 0 Å². The molecule has 0 aliphatic heterocycles. The first-order chi connectivity index (χ1) is 12.1. The lowest BCUT2D eigenvalue weighted by atomic mass is 10.1. The SMILES string of the molecule is CCc1ncnc(Sc2nnc(COc3cc(C)ccc3C)o2)c1F. The first kappa shape index (κ1) is 17.3. The zero-order valence-electron chi connectivity index (χ0n) is 14.1. The Morgan fingerprint density at radius 2 is 2.04 bits per heavy atom. The van der Waals surface area contributed by atoms with Crippen molar-refractivity contribution >= 4 is 11.8 Å². The zero-order chi connectivity index (χ0) is 17.8. The molecule has 8 heteroatoms. The monoisotopic (exact) mass is 360 g/mol. The lowest BCUT2D eigenvalue weighted by Gasteiger charge is -2.07. The third-order valence-corrected chi connectivity index (χ3v) is 4.31. The zero-order valence-corrected chi connectivity index (χ0v) is 14.9. The Balaban J connectivity index is 1.68. The highest BCUT2D eigenvalue weighted by molar-refractivity contribution is 7.99. The van der Waals surface area contributed by atoms with Crippen molar-refractivity contribution in [3.8, 4) is 5.75 Å². The van der Waals surface area contributed by atoms with E-state index in [-0.39, 0.29) is 16.9 Å². The average Bonchev–Trinajstić information content (AvgIpc) is 3.05. The van der Waals surface area contributed by atoms with Gasteiger partial charge >= 0.3 is 0 Å². The molecule has 25 heavy (non-hydrogen) atoms. The van der Waals surface area contributed by atoms with E-state index >= 15 is 0 Å². The second kappa shape index (κ2) is 7.60. The number of benzene rings is 1. The Morgan fingerprint density at radius 3 is 2.84 bits per heavy atom. The quantitative estimate of drug-likeness (QED) is 0.617. The molecule has 0 saturated carbocycles. The maximum Gasteiger partial charge on any atom is 0.283 e. The van der Waals surface area contributed by atoms with E-state index in [1.807, 2.05) is 39.0 Å². The largest absolute Gasteiger partial charge is 0.484 e. The summed E-state index contributed by atoms with van der Waals surface area (Å²) in [5.74, 6) is 0.622. The molecule has 0 aliphatic rings. The van der Waals surface area contributed by atoms with E-state index in [9.17, 15) is 4.39 Å². The highest BCUT2D eigenvalue weighted by Gasteiger charge is 2.15. The molecule has 0 fully saturated rings. The predicted octanol–water partition coefficient (Wildman–Crippen LogP) is 3.91. The fourth-order valence-electron chi connectivity index (χ4n) is 2.13. The van der Waals surface area contributed by atoms with Gasteiger partial charge in [0.15, 0.2) is 12.4 Å². The summed E-state index contributed by atoms with van der Waals surface area (Å²) in [7, 11) is 0. The third-order valence-electron chi connectivity index (χ3n) is 3.49. The van der Waals surface area contributed by atoms with E-state index < -0.39 is 5.82 Å². The van der Waals surface area contributed by atoms with Crippen molar-refractivity contribution < 1.29 is 13.5 Å². The minimum absolute atomic E-state index is 0.143. The molecular weight excluding hydrogens is 343 g/mol. The van der Waals surface area contributed by atoms with Crippen LogP contribution < -0.4 is 4.74 Å². The number of aromatic nitrogens is 4. The summed E-state index contributed by atoms with van der Waals surface area (Å²) in [5, 5.41) is 8.19. The van der Waals surface area contributed by atoms with Crippen molar-refractivity contribution in [1.82, 2.24) is 20.2 Å². The summed E-state index contributed by atoms with van der Waals surface area (Å²) >= 11 is 0.970. The van der Waals surface area contributed by atoms with Crippen LogP contribution in [0.25, 0.3) is 0 Å². The molecule has 3 aromatic rings. The first-order valence-corrected chi connectivity index (χ1v) is 8.58. The minimum Gasteiger partial charge on any atom is -0.484 e. The highest BCUT2D eigenvalue weighted by atomic mass is 32.2. The number of ether oxygens (including phenoxy) is 1. The molecule has 0 saturated heterocycles. The number of rotatable bonds is 6. The normalized spacial score (nSPS) is 10.9. The molecule has 6 nitrogen and oxygen atoms in total. The predicted molar refractivity (Wildman–Crippen MR) is 90.0 cm³/mol. The minimum atomic E-state index is -0.457. The maximum atomic E-state index is 14.2. The second-order valence-electron chi connectivity index (χ2n) is 5.41. The van der Waals surface area contributed by atoms with Crippen molar-refractivity contribution in [3.63, 3.8) is 0 Å². The summed E-state index contributed by atoms with van der Waals surface area (Å²) in [6.45, 7) is 5.93. The van der Waals surface area contributed by atoms with Gasteiger partial charge in [-0.2, -0.15) is 0 Å². The number of aryl methyl sites for hydroxylation is 3. The third kappa shape index (κ3) is 4.14. The van der Waals surface area contributed by atoms with Crippen LogP contribution in [-0.4, -0.2) is 20.2 Å². The Bertz CT molecular complexity index is 885. The fraction of sp³-hybridized carbons (Fsp3) is 0.294. The molecule has 0 N–H and O–H groups in total. The van der Waals surface area contributed by atoms with Gasteiger partial charge in [-0.25, -0.2) is 14.4 Å². The van der Waals surface area contributed by atoms with E-state index in [1.165, 1.54) is 6.33 Å². The number of nitrogens with zero attached hydrogens (tertiary/aromatic N) is 4. The summed E-state index contributed by atoms with van der Waals surface area (Å²) in [5.41, 5.74) is 2.48. The van der Waals surface area contributed by atoms with E-state index in [0.29, 0.717) is 18.0 Å². The summed E-state index contributed by atoms with van der Waals surface area (Å²) in [6, 6.07) is 5.96. The van der Waals surface area contributed by atoms with Crippen LogP contribution in [0.1, 0.15) is 29.6 Å². The molecule has 130 valence electrons. The molecule has 0 unspecified atom stereocenters. The number of hydrogen-bond donors (Lipinski definition) is 0. The number of hydrogen-bond acceptors (Lipinski definition) is 7. The van der Waals surface area contributed by atoms with Gasteiger partial charge < -0.3 is 9.15 Å². The number of halogens is 1. The maximum absolute atomic E-state index is 14.2. The van der Waals surface area contributed by atoms with Gasteiger partial charge in [-0.05, 0) is 49.2 Å². The Labute approximate surface area is 148 Å². The molecule has 0 amide bonds. The van der Waals surface area contributed by atoms with Crippen molar-refractivity contribution in [3.05, 3.63) is 53.1 Å². The van der Waals surface area contributed by atoms with Crippen LogP contribution in [0.5, 0.6) is 5.75 Å². The smallest absolute Gasteiger partial charge is 0.283 e. The van der Waals surface area contributed by atoms with Crippen molar-refractivity contribution in [2.45, 2.75) is 44.0 Å². The highest BCUT2D eigenvalue weighted by Crippen LogP contribution is 2.28. The van der Waals surface area contributed by atoms with Gasteiger partial charge in [0, 0.05) is 0 Å². The fourth-order valence-corrected chi connectivity index (χ4v) is 2.82. The van der Waals surface area contributed by atoms with Crippen LogP contribution in [0.4, 0.5) is 4.39 Å². The standard InChI is InChI=1S/C17H17FN4O2S/c1-4-12-15(18)16(20-9-19-12)25-17-22-21-14(24-17)8-23-13-7-10(2)5-6-11(13)3/h5-7,9H,4,8H2,1-3H3. The summed E-state index contributed by atoms with van der Waals surface area (Å²) in [6.07, 6.45) is 1.81. The van der Waals surface area contributed by atoms with E-state index in [0.717, 1.165) is 28.6 Å². The van der Waals surface area contributed by atoms with Crippen LogP contribution >= 0.6 is 11.8 Å². The van der Waals surface area contributed by atoms with Gasteiger partial charge in [-0.1, -0.05) is 19.1 Å². The van der Waals surface area contributed by atoms with E-state index in [1.54, 1.807) is 0 Å². The second-order valence-corrected chi connectivity index (χ2v) is 6.35. The molecule has 3 rings (SSSR count). The molecule has 2 aromatic heterocycles. The molecule has 2 heterocycles. The van der Waals surface area contributed by atoms with Crippen LogP contribution in [-0.2, 0) is 13.0 Å². The lowest BCUT2D eigenvalue weighted by Crippen LogP contribution is -1.97. The van der Waals surface area contributed by atoms with Crippen molar-refractivity contribution in [2.75, 3.05) is 0 Å². The van der Waals surface area contributed by atoms with Crippen LogP contribution in [0.3, 0.4) is 0 Å². The van der Waals surface area contributed by atoms with Crippen LogP contribution in [0.15, 0.2) is 39.2 Å². The summed E-state index contributed by atoms with van der Waals surface area (Å²) in [4.78, 5) is 7.82. The molecule has 0 atom stereocenters. The lowest BCUT2D eigenvalue weighted by molar-refractivity contribution is 0.250. The van der Waals surface area contributed by atoms with Gasteiger partial charge in [0.2, 0.25) is 0 Å². The molecule has 0 aliphatic carbocycles. The first-order valence-electron chi connectivity index (χ1n) is 7.76. The van der Waals surface area contributed by atoms with Gasteiger partial charge in [-0.3, -0.25) is 0 Å². The van der Waals surface area contributed by atoms with Crippen LogP contribution in [0, 0.1) is 19.7 Å². The molecule has 0 spiro atoms. The molecule has 0 radical (unpaired) electrons. The topological polar surface area (TPSA) is 73.9 Å². The van der Waals surface area contributed by atoms with Gasteiger partial charge in [-0.15, -0.1) is 10.2 Å². The van der Waals surface area contributed by atoms with Gasteiger partial charge in [0.25, 0.3) is 11.1 Å². The van der Waals surface area contributed by atoms with E-state index in [4.69, 9.17) is 9.15 Å². The van der Waals surface area contributed by atoms with Crippen molar-refractivity contribution in [2.24, 2.45) is 0 Å². The van der Waals surface area contributed by atoms with Gasteiger partial charge in [0.1, 0.15) is 17.1 Å². The Morgan fingerprint density at radius 1 is 1.20 bits per heavy atom. The summed E-state index contributed by atoms with van der Waals surface area (Å²) < 4.78 is 25.4. The van der Waals surface area contributed by atoms with E-state index in [2.05, 4.69) is 20.2 Å². The Hall–Kier alpha value is -2.48. The molecule has 0 bridgehead atoms. The van der Waals surface area contributed by atoms with Crippen molar-refractivity contribution in [1.29, 1.82) is 0 Å². The molecule has 1 aromatic carbocycles. The Kier molecular flexibility index (Phi) is 5.28. The van der Waals surface area contributed by atoms with Gasteiger partial charge in [0.05, 0.1) is 5.69 Å².